The predicted octanol–water partition coefficient (Wildman–Crippen LogP) is 4.59. The van der Waals surface area contributed by atoms with Crippen LogP contribution in [0.4, 0.5) is 23.2 Å². The monoisotopic (exact) mass is 461 g/mol. The molecule has 6 nitrogen and oxygen atoms in total. The van der Waals surface area contributed by atoms with Gasteiger partial charge in [-0.2, -0.15) is 18.4 Å². The fourth-order valence-corrected chi connectivity index (χ4v) is 4.57. The third-order valence-electron chi connectivity index (χ3n) is 6.25. The van der Waals surface area contributed by atoms with Gasteiger partial charge in [-0.1, -0.05) is 13.0 Å². The lowest BCUT2D eigenvalue weighted by Gasteiger charge is -2.46. The van der Waals surface area contributed by atoms with Gasteiger partial charge in [0, 0.05) is 22.7 Å². The maximum atomic E-state index is 14.2. The Morgan fingerprint density at radius 3 is 2.61 bits per heavy atom. The number of alkyl halides is 3. The van der Waals surface area contributed by atoms with Gasteiger partial charge in [0.05, 0.1) is 17.1 Å². The molecule has 3 unspecified atom stereocenters. The number of aromatic amines is 1. The van der Waals surface area contributed by atoms with Gasteiger partial charge in [0.15, 0.2) is 5.60 Å². The van der Waals surface area contributed by atoms with Gasteiger partial charge in [-0.25, -0.2) is 4.39 Å². The Bertz CT molecular complexity index is 1350. The van der Waals surface area contributed by atoms with Crippen molar-refractivity contribution < 1.29 is 27.8 Å². The summed E-state index contributed by atoms with van der Waals surface area (Å²) >= 11 is 0. The third kappa shape index (κ3) is 3.49. The lowest BCUT2D eigenvalue weighted by atomic mass is 9.68. The van der Waals surface area contributed by atoms with Crippen LogP contribution in [0.1, 0.15) is 48.4 Å². The van der Waals surface area contributed by atoms with Crippen LogP contribution in [0.3, 0.4) is 0 Å². The first-order valence-electron chi connectivity index (χ1n) is 10.1. The molecule has 0 amide bonds. The molecule has 0 radical (unpaired) electrons. The highest BCUT2D eigenvalue weighted by molar-refractivity contribution is 5.91. The molecule has 0 saturated carbocycles. The molecule has 1 aromatic heterocycles. The van der Waals surface area contributed by atoms with Crippen LogP contribution in [0.15, 0.2) is 41.2 Å². The molecule has 10 heteroatoms. The summed E-state index contributed by atoms with van der Waals surface area (Å²) in [5.41, 5.74) is -3.94. The minimum Gasteiger partial charge on any atom is -0.506 e. The van der Waals surface area contributed by atoms with E-state index in [4.69, 9.17) is 0 Å². The summed E-state index contributed by atoms with van der Waals surface area (Å²) in [6.45, 7) is 1.63. The molecule has 0 fully saturated rings. The largest absolute Gasteiger partial charge is 0.506 e. The minimum absolute atomic E-state index is 0.0219. The standard InChI is InChI=1S/C23H19F4N3O3/c1-2-11-9-22(33,23(25,26)27)21(14-4-3-12(10-28)20(32)18(11)14)29-16-7-6-15(24)19-13(16)5-8-17(31)30-19/h3-8,11,21,29,32-33H,2,9H2,1H3,(H,30,31). The zero-order valence-corrected chi connectivity index (χ0v) is 17.3. The Labute approximate surface area is 185 Å². The van der Waals surface area contributed by atoms with Gasteiger partial charge in [-0.05, 0) is 48.6 Å². The fourth-order valence-electron chi connectivity index (χ4n) is 4.57. The second-order valence-electron chi connectivity index (χ2n) is 8.09. The second-order valence-corrected chi connectivity index (χ2v) is 8.09. The number of aromatic nitrogens is 1. The van der Waals surface area contributed by atoms with Gasteiger partial charge < -0.3 is 20.5 Å². The van der Waals surface area contributed by atoms with Crippen molar-refractivity contribution in [2.24, 2.45) is 0 Å². The predicted molar refractivity (Wildman–Crippen MR) is 112 cm³/mol. The normalized spacial score (nSPS) is 22.6. The number of nitrogens with zero attached hydrogens (tertiary/aromatic N) is 1. The van der Waals surface area contributed by atoms with E-state index in [0.717, 1.165) is 12.1 Å². The molecule has 0 saturated heterocycles. The van der Waals surface area contributed by atoms with Gasteiger partial charge in [0.1, 0.15) is 17.6 Å². The number of halogens is 4. The molecule has 1 heterocycles. The van der Waals surface area contributed by atoms with Crippen LogP contribution < -0.4 is 10.9 Å². The summed E-state index contributed by atoms with van der Waals surface area (Å²) in [7, 11) is 0. The smallest absolute Gasteiger partial charge is 0.419 e. The van der Waals surface area contributed by atoms with E-state index in [9.17, 15) is 37.8 Å². The minimum atomic E-state index is -5.05. The molecular formula is C23H19F4N3O3. The number of H-pyrrole nitrogens is 1. The van der Waals surface area contributed by atoms with Crippen LogP contribution >= 0.6 is 0 Å². The van der Waals surface area contributed by atoms with Crippen molar-refractivity contribution in [3.8, 4) is 11.8 Å². The molecule has 172 valence electrons. The highest BCUT2D eigenvalue weighted by atomic mass is 19.4. The molecule has 4 N–H and O–H groups in total. The van der Waals surface area contributed by atoms with Crippen molar-refractivity contribution >= 4 is 16.6 Å². The van der Waals surface area contributed by atoms with E-state index in [1.54, 1.807) is 6.92 Å². The highest BCUT2D eigenvalue weighted by Crippen LogP contribution is 2.55. The van der Waals surface area contributed by atoms with Crippen LogP contribution in [-0.2, 0) is 0 Å². The summed E-state index contributed by atoms with van der Waals surface area (Å²) in [6.07, 6.45) is -5.62. The molecule has 3 atom stereocenters. The molecular weight excluding hydrogens is 442 g/mol. The second kappa shape index (κ2) is 7.78. The van der Waals surface area contributed by atoms with E-state index in [1.807, 2.05) is 6.07 Å². The average Bonchev–Trinajstić information content (AvgIpc) is 2.76. The van der Waals surface area contributed by atoms with Gasteiger partial charge >= 0.3 is 6.18 Å². The number of fused-ring (bicyclic) bond motifs is 2. The molecule has 2 aromatic carbocycles. The first-order chi connectivity index (χ1) is 15.5. The first kappa shape index (κ1) is 22.6. The van der Waals surface area contributed by atoms with Crippen LogP contribution in [0.2, 0.25) is 0 Å². The van der Waals surface area contributed by atoms with Crippen molar-refractivity contribution in [3.05, 3.63) is 69.3 Å². The molecule has 0 spiro atoms. The maximum Gasteiger partial charge on any atom is 0.419 e. The zero-order chi connectivity index (χ0) is 24.1. The summed E-state index contributed by atoms with van der Waals surface area (Å²) in [5.74, 6) is -2.06. The molecule has 33 heavy (non-hydrogen) atoms. The number of hydrogen-bond acceptors (Lipinski definition) is 5. The Morgan fingerprint density at radius 2 is 1.97 bits per heavy atom. The fraction of sp³-hybridized carbons (Fsp3) is 0.304. The molecule has 0 aliphatic heterocycles. The first-order valence-corrected chi connectivity index (χ1v) is 10.1. The SMILES string of the molecule is CCC1CC(O)(C(F)(F)F)C(Nc2ccc(F)c3[nH]c(=O)ccc23)c2ccc(C#N)c(O)c21. The number of rotatable bonds is 3. The number of phenols is 1. The Balaban J connectivity index is 1.97. The van der Waals surface area contributed by atoms with Crippen LogP contribution in [0.25, 0.3) is 10.9 Å². The van der Waals surface area contributed by atoms with Crippen molar-refractivity contribution in [2.45, 2.75) is 43.5 Å². The lowest BCUT2D eigenvalue weighted by Crippen LogP contribution is -2.55. The molecule has 1 aliphatic carbocycles. The average molecular weight is 461 g/mol. The number of aromatic hydroxyl groups is 1. The number of anilines is 1. The van der Waals surface area contributed by atoms with E-state index >= 15 is 0 Å². The van der Waals surface area contributed by atoms with Crippen molar-refractivity contribution in [1.82, 2.24) is 4.98 Å². The van der Waals surface area contributed by atoms with Gasteiger partial charge in [-0.15, -0.1) is 0 Å². The zero-order valence-electron chi connectivity index (χ0n) is 17.3. The third-order valence-corrected chi connectivity index (χ3v) is 6.25. The highest BCUT2D eigenvalue weighted by Gasteiger charge is 2.62. The molecule has 3 aromatic rings. The van der Waals surface area contributed by atoms with Crippen molar-refractivity contribution in [2.75, 3.05) is 5.32 Å². The maximum absolute atomic E-state index is 14.2. The number of hydrogen-bond donors (Lipinski definition) is 4. The number of nitrogens with one attached hydrogen (secondary N) is 2. The number of aliphatic hydroxyl groups is 1. The van der Waals surface area contributed by atoms with Gasteiger partial charge in [0.25, 0.3) is 0 Å². The van der Waals surface area contributed by atoms with E-state index in [-0.39, 0.29) is 39.7 Å². The number of benzene rings is 2. The summed E-state index contributed by atoms with van der Waals surface area (Å²) in [6, 6.07) is 7.07. The lowest BCUT2D eigenvalue weighted by molar-refractivity contribution is -0.272. The Hall–Kier alpha value is -3.58. The van der Waals surface area contributed by atoms with Crippen LogP contribution in [-0.4, -0.2) is 27.0 Å². The molecule has 4 rings (SSSR count). The van der Waals surface area contributed by atoms with Crippen LogP contribution in [0, 0.1) is 17.1 Å². The van der Waals surface area contributed by atoms with Gasteiger partial charge in [-0.3, -0.25) is 4.79 Å². The van der Waals surface area contributed by atoms with E-state index in [2.05, 4.69) is 10.3 Å². The molecule has 1 aliphatic rings. The quantitative estimate of drug-likeness (QED) is 0.427. The van der Waals surface area contributed by atoms with E-state index < -0.39 is 47.3 Å². The van der Waals surface area contributed by atoms with Gasteiger partial charge in [0.2, 0.25) is 5.56 Å². The summed E-state index contributed by atoms with van der Waals surface area (Å²) in [4.78, 5) is 13.9. The number of pyridine rings is 1. The Kier molecular flexibility index (Phi) is 5.33. The van der Waals surface area contributed by atoms with Crippen LogP contribution in [0.5, 0.6) is 5.75 Å². The summed E-state index contributed by atoms with van der Waals surface area (Å²) in [5, 5.41) is 33.7. The summed E-state index contributed by atoms with van der Waals surface area (Å²) < 4.78 is 57.0. The van der Waals surface area contributed by atoms with Crippen molar-refractivity contribution in [3.63, 3.8) is 0 Å². The number of phenolic OH excluding ortho intramolecular Hbond substituents is 1. The van der Waals surface area contributed by atoms with Crippen molar-refractivity contribution in [1.29, 1.82) is 5.26 Å². The number of nitriles is 1. The Morgan fingerprint density at radius 1 is 1.24 bits per heavy atom. The molecule has 0 bridgehead atoms. The van der Waals surface area contributed by atoms with E-state index in [1.165, 1.54) is 24.3 Å². The van der Waals surface area contributed by atoms with E-state index in [0.29, 0.717) is 0 Å². The topological polar surface area (TPSA) is 109 Å².